The number of ether oxygens (including phenoxy) is 1. The summed E-state index contributed by atoms with van der Waals surface area (Å²) < 4.78 is 19.8. The van der Waals surface area contributed by atoms with Crippen LogP contribution in [0.25, 0.3) is 6.08 Å². The summed E-state index contributed by atoms with van der Waals surface area (Å²) in [5.41, 5.74) is 1.32. The van der Waals surface area contributed by atoms with Crippen LogP contribution in [0, 0.1) is 5.82 Å². The van der Waals surface area contributed by atoms with Gasteiger partial charge in [0.15, 0.2) is 0 Å². The van der Waals surface area contributed by atoms with Crippen LogP contribution in [0.15, 0.2) is 53.4 Å². The SMILES string of the molecule is CN1C(=O)/C(=C\c2cccc(OCc3ccccc3F)c2)SC1=S. The third kappa shape index (κ3) is 3.66. The van der Waals surface area contributed by atoms with Crippen LogP contribution in [0.5, 0.6) is 5.75 Å². The molecule has 0 saturated carbocycles. The third-order valence-electron chi connectivity index (χ3n) is 3.49. The van der Waals surface area contributed by atoms with Gasteiger partial charge in [-0.1, -0.05) is 54.3 Å². The zero-order valence-electron chi connectivity index (χ0n) is 12.9. The van der Waals surface area contributed by atoms with Crippen LogP contribution in [-0.4, -0.2) is 22.2 Å². The standard InChI is InChI=1S/C18H14FNO2S2/c1-20-17(21)16(24-18(20)23)10-12-5-4-7-14(9-12)22-11-13-6-2-3-8-15(13)19/h2-10H,11H2,1H3/b16-10+. The van der Waals surface area contributed by atoms with Crippen LogP contribution in [0.1, 0.15) is 11.1 Å². The van der Waals surface area contributed by atoms with Crippen LogP contribution >= 0.6 is 24.0 Å². The average Bonchev–Trinajstić information content (AvgIpc) is 2.81. The summed E-state index contributed by atoms with van der Waals surface area (Å²) >= 11 is 6.39. The highest BCUT2D eigenvalue weighted by atomic mass is 32.2. The van der Waals surface area contributed by atoms with Crippen molar-refractivity contribution in [2.75, 3.05) is 7.05 Å². The maximum atomic E-state index is 13.6. The molecular formula is C18H14FNO2S2. The number of rotatable bonds is 4. The number of hydrogen-bond donors (Lipinski definition) is 0. The highest BCUT2D eigenvalue weighted by Crippen LogP contribution is 2.31. The number of nitrogens with zero attached hydrogens (tertiary/aromatic N) is 1. The van der Waals surface area contributed by atoms with Gasteiger partial charge >= 0.3 is 0 Å². The number of halogens is 1. The molecule has 3 nitrogen and oxygen atoms in total. The third-order valence-corrected chi connectivity index (χ3v) is 4.98. The lowest BCUT2D eigenvalue weighted by Crippen LogP contribution is -2.22. The average molecular weight is 359 g/mol. The highest BCUT2D eigenvalue weighted by molar-refractivity contribution is 8.26. The van der Waals surface area contributed by atoms with Crippen LogP contribution in [0.4, 0.5) is 4.39 Å². The van der Waals surface area contributed by atoms with E-state index in [1.54, 1.807) is 37.4 Å². The molecular weight excluding hydrogens is 345 g/mol. The molecule has 0 atom stereocenters. The number of benzene rings is 2. The zero-order valence-corrected chi connectivity index (χ0v) is 14.5. The van der Waals surface area contributed by atoms with E-state index in [9.17, 15) is 9.18 Å². The first-order valence-electron chi connectivity index (χ1n) is 7.22. The zero-order chi connectivity index (χ0) is 17.1. The Balaban J connectivity index is 1.74. The number of carbonyl (C=O) groups is 1. The Morgan fingerprint density at radius 3 is 2.75 bits per heavy atom. The second-order valence-corrected chi connectivity index (χ2v) is 6.87. The molecule has 0 spiro atoms. The molecule has 0 unspecified atom stereocenters. The molecule has 122 valence electrons. The summed E-state index contributed by atoms with van der Waals surface area (Å²) in [4.78, 5) is 14.1. The minimum atomic E-state index is -0.291. The number of thioether (sulfide) groups is 1. The molecule has 0 bridgehead atoms. The van der Waals surface area contributed by atoms with Crippen molar-refractivity contribution in [1.29, 1.82) is 0 Å². The minimum Gasteiger partial charge on any atom is -0.489 e. The smallest absolute Gasteiger partial charge is 0.265 e. The number of hydrogen-bond acceptors (Lipinski definition) is 4. The first-order valence-corrected chi connectivity index (χ1v) is 8.45. The van der Waals surface area contributed by atoms with Crippen molar-refractivity contribution < 1.29 is 13.9 Å². The Hall–Kier alpha value is -2.18. The Labute approximate surface area is 149 Å². The lowest BCUT2D eigenvalue weighted by molar-refractivity contribution is -0.121. The first kappa shape index (κ1) is 16.7. The van der Waals surface area contributed by atoms with Crippen LogP contribution in [-0.2, 0) is 11.4 Å². The molecule has 1 amide bonds. The first-order chi connectivity index (χ1) is 11.5. The van der Waals surface area contributed by atoms with Gasteiger partial charge in [0, 0.05) is 12.6 Å². The van der Waals surface area contributed by atoms with Gasteiger partial charge in [-0.3, -0.25) is 9.69 Å². The molecule has 24 heavy (non-hydrogen) atoms. The Morgan fingerprint density at radius 1 is 1.25 bits per heavy atom. The highest BCUT2D eigenvalue weighted by Gasteiger charge is 2.28. The van der Waals surface area contributed by atoms with Crippen LogP contribution in [0.2, 0.25) is 0 Å². The van der Waals surface area contributed by atoms with Gasteiger partial charge in [0.1, 0.15) is 22.5 Å². The number of carbonyl (C=O) groups excluding carboxylic acids is 1. The van der Waals surface area contributed by atoms with E-state index in [-0.39, 0.29) is 18.3 Å². The number of amides is 1. The van der Waals surface area contributed by atoms with Crippen LogP contribution < -0.4 is 4.74 Å². The summed E-state index contributed by atoms with van der Waals surface area (Å²) in [5.74, 6) is 0.210. The molecule has 0 aliphatic carbocycles. The van der Waals surface area contributed by atoms with Gasteiger partial charge in [-0.15, -0.1) is 0 Å². The van der Waals surface area contributed by atoms with E-state index in [1.165, 1.54) is 22.7 Å². The van der Waals surface area contributed by atoms with E-state index in [4.69, 9.17) is 17.0 Å². The molecule has 2 aromatic carbocycles. The van der Waals surface area contributed by atoms with E-state index in [0.717, 1.165) is 5.56 Å². The molecule has 0 radical (unpaired) electrons. The summed E-state index contributed by atoms with van der Waals surface area (Å²) in [6.45, 7) is 0.146. The predicted octanol–water partition coefficient (Wildman–Crippen LogP) is 4.24. The van der Waals surface area contributed by atoms with Crippen molar-refractivity contribution in [2.45, 2.75) is 6.61 Å². The second kappa shape index (κ2) is 7.15. The normalized spacial score (nSPS) is 16.1. The van der Waals surface area contributed by atoms with E-state index in [1.807, 2.05) is 18.2 Å². The summed E-state index contributed by atoms with van der Waals surface area (Å²) in [7, 11) is 1.66. The van der Waals surface area contributed by atoms with E-state index in [0.29, 0.717) is 20.5 Å². The maximum Gasteiger partial charge on any atom is 0.265 e. The van der Waals surface area contributed by atoms with Crippen LogP contribution in [0.3, 0.4) is 0 Å². The number of likely N-dealkylation sites (N-methyl/N-ethyl adjacent to an activating group) is 1. The fraction of sp³-hybridized carbons (Fsp3) is 0.111. The van der Waals surface area contributed by atoms with Crippen molar-refractivity contribution in [2.24, 2.45) is 0 Å². The largest absolute Gasteiger partial charge is 0.489 e. The molecule has 2 aromatic rings. The quantitative estimate of drug-likeness (QED) is 0.603. The second-order valence-electron chi connectivity index (χ2n) is 5.19. The molecule has 1 saturated heterocycles. The molecule has 0 N–H and O–H groups in total. The number of thiocarbonyl (C=S) groups is 1. The maximum absolute atomic E-state index is 13.6. The van der Waals surface area contributed by atoms with Gasteiger partial charge < -0.3 is 4.74 Å². The van der Waals surface area contributed by atoms with Gasteiger partial charge in [0.05, 0.1) is 4.91 Å². The van der Waals surface area contributed by atoms with Gasteiger partial charge in [0.25, 0.3) is 5.91 Å². The molecule has 0 aromatic heterocycles. The van der Waals surface area contributed by atoms with Crippen molar-refractivity contribution in [3.8, 4) is 5.75 Å². The van der Waals surface area contributed by atoms with Crippen molar-refractivity contribution in [1.82, 2.24) is 4.90 Å². The molecule has 1 aliphatic heterocycles. The lowest BCUT2D eigenvalue weighted by Gasteiger charge is -2.08. The monoisotopic (exact) mass is 359 g/mol. The molecule has 1 aliphatic rings. The van der Waals surface area contributed by atoms with E-state index in [2.05, 4.69) is 0 Å². The van der Waals surface area contributed by atoms with Crippen molar-refractivity contribution in [3.63, 3.8) is 0 Å². The topological polar surface area (TPSA) is 29.5 Å². The Kier molecular flexibility index (Phi) is 4.97. The fourth-order valence-corrected chi connectivity index (χ4v) is 3.35. The summed E-state index contributed by atoms with van der Waals surface area (Å²) in [5, 5.41) is 0. The Morgan fingerprint density at radius 2 is 2.04 bits per heavy atom. The molecule has 1 heterocycles. The molecule has 6 heteroatoms. The molecule has 3 rings (SSSR count). The van der Waals surface area contributed by atoms with E-state index >= 15 is 0 Å². The lowest BCUT2D eigenvalue weighted by atomic mass is 10.2. The van der Waals surface area contributed by atoms with Crippen molar-refractivity contribution >= 4 is 40.3 Å². The van der Waals surface area contributed by atoms with Gasteiger partial charge in [-0.25, -0.2) is 4.39 Å². The van der Waals surface area contributed by atoms with Gasteiger partial charge in [-0.05, 0) is 29.8 Å². The minimum absolute atomic E-state index is 0.109. The van der Waals surface area contributed by atoms with Gasteiger partial charge in [-0.2, -0.15) is 0 Å². The Bertz CT molecular complexity index is 835. The summed E-state index contributed by atoms with van der Waals surface area (Å²) in [6.07, 6.45) is 1.78. The molecule has 1 fully saturated rings. The summed E-state index contributed by atoms with van der Waals surface area (Å²) in [6, 6.07) is 13.8. The van der Waals surface area contributed by atoms with Crippen molar-refractivity contribution in [3.05, 3.63) is 70.4 Å². The fourth-order valence-electron chi connectivity index (χ4n) is 2.17. The van der Waals surface area contributed by atoms with Gasteiger partial charge in [0.2, 0.25) is 0 Å². The predicted molar refractivity (Wildman–Crippen MR) is 98.1 cm³/mol. The van der Waals surface area contributed by atoms with E-state index < -0.39 is 0 Å².